The van der Waals surface area contributed by atoms with Gasteiger partial charge in [-0.15, -0.1) is 0 Å². The predicted octanol–water partition coefficient (Wildman–Crippen LogP) is 1.15. The zero-order chi connectivity index (χ0) is 7.40. The van der Waals surface area contributed by atoms with Crippen LogP contribution in [-0.4, -0.2) is 22.9 Å². The van der Waals surface area contributed by atoms with Crippen LogP contribution >= 0.6 is 11.9 Å². The third kappa shape index (κ3) is 2.34. The molecule has 4 nitrogen and oxygen atoms in total. The Balaban J connectivity index is 2.38. The lowest BCUT2D eigenvalue weighted by Gasteiger charge is -2.05. The number of rotatable bonds is 2. The molecule has 0 atom stereocenters. The molecule has 0 fully saturated rings. The summed E-state index contributed by atoms with van der Waals surface area (Å²) < 4.78 is 3.96. The molecule has 0 unspecified atom stereocenters. The first-order valence-corrected chi connectivity index (χ1v) is 4.03. The number of hydrogen-bond donors (Lipinski definition) is 0. The molecule has 1 aliphatic rings. The monoisotopic (exact) mass is 160 g/mol. The molecular weight excluding hydrogens is 152 g/mol. The number of nitrogens with zero attached hydrogens (tertiary/aromatic N) is 2. The highest BCUT2D eigenvalue weighted by Gasteiger charge is 2.10. The lowest BCUT2D eigenvalue weighted by Crippen LogP contribution is -2.15. The Kier molecular flexibility index (Phi) is 2.68. The van der Waals surface area contributed by atoms with E-state index in [1.807, 2.05) is 0 Å². The first-order valence-electron chi connectivity index (χ1n) is 3.08. The topological polar surface area (TPSA) is 55.5 Å². The lowest BCUT2D eigenvalue weighted by atomic mass is 10.2. The minimum absolute atomic E-state index is 0.0764. The summed E-state index contributed by atoms with van der Waals surface area (Å²) in [5.41, 5.74) is 0.723. The third-order valence-corrected chi connectivity index (χ3v) is 2.06. The minimum Gasteiger partial charge on any atom is -0.264 e. The molecule has 0 aliphatic carbocycles. The molecule has 56 valence electrons. The first-order chi connectivity index (χ1) is 4.79. The Bertz CT molecular complexity index is 169. The van der Waals surface area contributed by atoms with Crippen LogP contribution in [0.2, 0.25) is 0 Å². The second-order valence-corrected chi connectivity index (χ2v) is 2.93. The van der Waals surface area contributed by atoms with Crippen LogP contribution in [0.15, 0.2) is 4.40 Å². The summed E-state index contributed by atoms with van der Waals surface area (Å²) in [5, 5.41) is 9.98. The van der Waals surface area contributed by atoms with Crippen LogP contribution in [0.5, 0.6) is 0 Å². The Labute approximate surface area is 63.0 Å². The molecule has 0 radical (unpaired) electrons. The van der Waals surface area contributed by atoms with Crippen molar-refractivity contribution in [3.05, 3.63) is 10.1 Å². The molecule has 0 spiro atoms. The Morgan fingerprint density at radius 2 is 2.60 bits per heavy atom. The summed E-state index contributed by atoms with van der Waals surface area (Å²) >= 11 is 1.43. The van der Waals surface area contributed by atoms with Gasteiger partial charge in [0.2, 0.25) is 6.54 Å². The maximum absolute atomic E-state index is 9.98. The van der Waals surface area contributed by atoms with E-state index in [1.54, 1.807) is 0 Å². The smallest absolute Gasteiger partial charge is 0.242 e. The van der Waals surface area contributed by atoms with Crippen LogP contribution in [0.4, 0.5) is 0 Å². The fraction of sp³-hybridized carbons (Fsp3) is 0.800. The molecule has 1 heterocycles. The van der Waals surface area contributed by atoms with Crippen molar-refractivity contribution in [2.45, 2.75) is 12.8 Å². The summed E-state index contributed by atoms with van der Waals surface area (Å²) in [6.07, 6.45) is 1.82. The van der Waals surface area contributed by atoms with Crippen LogP contribution in [0, 0.1) is 10.1 Å². The second-order valence-electron chi connectivity index (χ2n) is 2.09. The molecule has 10 heavy (non-hydrogen) atoms. The molecule has 0 saturated heterocycles. The van der Waals surface area contributed by atoms with Gasteiger partial charge in [-0.3, -0.25) is 10.1 Å². The highest BCUT2D eigenvalue weighted by Crippen LogP contribution is 2.14. The average molecular weight is 160 g/mol. The molecule has 0 bridgehead atoms. The van der Waals surface area contributed by atoms with Gasteiger partial charge in [-0.05, 0) is 24.8 Å². The van der Waals surface area contributed by atoms with Gasteiger partial charge >= 0.3 is 0 Å². The number of hydrogen-bond acceptors (Lipinski definition) is 4. The lowest BCUT2D eigenvalue weighted by molar-refractivity contribution is -0.463. The van der Waals surface area contributed by atoms with Crippen molar-refractivity contribution in [1.29, 1.82) is 0 Å². The Morgan fingerprint density at radius 3 is 3.10 bits per heavy atom. The zero-order valence-electron chi connectivity index (χ0n) is 5.45. The highest BCUT2D eigenvalue weighted by atomic mass is 32.2. The molecule has 5 heteroatoms. The average Bonchev–Trinajstić information content (AvgIpc) is 1.88. The second kappa shape index (κ2) is 3.55. The van der Waals surface area contributed by atoms with Crippen molar-refractivity contribution in [1.82, 2.24) is 0 Å². The zero-order valence-corrected chi connectivity index (χ0v) is 6.26. The van der Waals surface area contributed by atoms with Crippen LogP contribution in [0.3, 0.4) is 0 Å². The van der Waals surface area contributed by atoms with Gasteiger partial charge in [0, 0.05) is 10.7 Å². The standard InChI is InChI=1S/C5H8N2O2S/c8-7(9)4-5-2-1-3-10-6-5/h1-4H2. The molecular formula is C5H8N2O2S. The van der Waals surface area contributed by atoms with E-state index in [-0.39, 0.29) is 11.5 Å². The maximum atomic E-state index is 9.98. The van der Waals surface area contributed by atoms with Gasteiger partial charge in [0.1, 0.15) is 0 Å². The molecule has 0 amide bonds. The Hall–Kier alpha value is -0.580. The SMILES string of the molecule is O=[N+]([O-])CC1=NSCCC1. The van der Waals surface area contributed by atoms with E-state index in [0.717, 1.165) is 24.3 Å². The summed E-state index contributed by atoms with van der Waals surface area (Å²) in [5.74, 6) is 1.00. The van der Waals surface area contributed by atoms with Crippen LogP contribution in [0.1, 0.15) is 12.8 Å². The summed E-state index contributed by atoms with van der Waals surface area (Å²) in [6.45, 7) is -0.0764. The molecule has 0 aromatic heterocycles. The van der Waals surface area contributed by atoms with Gasteiger partial charge in [0.25, 0.3) is 0 Å². The molecule has 0 aromatic carbocycles. The van der Waals surface area contributed by atoms with Crippen molar-refractivity contribution < 1.29 is 4.92 Å². The molecule has 1 aliphatic heterocycles. The Morgan fingerprint density at radius 1 is 1.80 bits per heavy atom. The minimum atomic E-state index is -0.329. The summed E-state index contributed by atoms with van der Waals surface area (Å²) in [4.78, 5) is 9.65. The van der Waals surface area contributed by atoms with E-state index in [4.69, 9.17) is 0 Å². The molecule has 0 N–H and O–H groups in total. The normalized spacial score (nSPS) is 18.2. The van der Waals surface area contributed by atoms with Crippen molar-refractivity contribution in [2.24, 2.45) is 4.40 Å². The van der Waals surface area contributed by atoms with E-state index in [9.17, 15) is 10.1 Å². The molecule has 0 saturated carbocycles. The van der Waals surface area contributed by atoms with Crippen LogP contribution in [-0.2, 0) is 0 Å². The third-order valence-electron chi connectivity index (χ3n) is 1.21. The quantitative estimate of drug-likeness (QED) is 0.346. The van der Waals surface area contributed by atoms with E-state index >= 15 is 0 Å². The molecule has 0 aromatic rings. The van der Waals surface area contributed by atoms with Gasteiger partial charge in [0.05, 0.1) is 5.71 Å². The van der Waals surface area contributed by atoms with Crippen molar-refractivity contribution >= 4 is 17.7 Å². The van der Waals surface area contributed by atoms with Crippen LogP contribution < -0.4 is 0 Å². The van der Waals surface area contributed by atoms with Crippen molar-refractivity contribution in [2.75, 3.05) is 12.3 Å². The van der Waals surface area contributed by atoms with E-state index in [0.29, 0.717) is 0 Å². The van der Waals surface area contributed by atoms with E-state index < -0.39 is 0 Å². The van der Waals surface area contributed by atoms with Gasteiger partial charge in [0.15, 0.2) is 0 Å². The summed E-state index contributed by atoms with van der Waals surface area (Å²) in [7, 11) is 0. The number of nitro groups is 1. The summed E-state index contributed by atoms with van der Waals surface area (Å²) in [6, 6.07) is 0. The first kappa shape index (κ1) is 7.53. The van der Waals surface area contributed by atoms with Crippen LogP contribution in [0.25, 0.3) is 0 Å². The largest absolute Gasteiger partial charge is 0.264 e. The fourth-order valence-corrected chi connectivity index (χ4v) is 1.48. The molecule has 1 rings (SSSR count). The maximum Gasteiger partial charge on any atom is 0.242 e. The van der Waals surface area contributed by atoms with Gasteiger partial charge in [-0.1, -0.05) is 0 Å². The van der Waals surface area contributed by atoms with Crippen molar-refractivity contribution in [3.63, 3.8) is 0 Å². The predicted molar refractivity (Wildman–Crippen MR) is 41.0 cm³/mol. The van der Waals surface area contributed by atoms with Gasteiger partial charge in [-0.2, -0.15) is 0 Å². The van der Waals surface area contributed by atoms with Crippen molar-refractivity contribution in [3.8, 4) is 0 Å². The van der Waals surface area contributed by atoms with E-state index in [1.165, 1.54) is 11.9 Å². The van der Waals surface area contributed by atoms with E-state index in [2.05, 4.69) is 4.40 Å². The van der Waals surface area contributed by atoms with Gasteiger partial charge in [-0.25, -0.2) is 4.40 Å². The van der Waals surface area contributed by atoms with Gasteiger partial charge < -0.3 is 0 Å². The highest BCUT2D eigenvalue weighted by molar-refractivity contribution is 7.98. The fourth-order valence-electron chi connectivity index (χ4n) is 0.780.